The molecule has 37 heavy (non-hydrogen) atoms. The fourth-order valence-corrected chi connectivity index (χ4v) is 4.97. The van der Waals surface area contributed by atoms with E-state index in [0.717, 1.165) is 38.9 Å². The zero-order chi connectivity index (χ0) is 27.2. The zero-order valence-electron chi connectivity index (χ0n) is 22.6. The Bertz CT molecular complexity index is 1040. The third-order valence-electron chi connectivity index (χ3n) is 6.93. The van der Waals surface area contributed by atoms with Crippen molar-refractivity contribution in [3.8, 4) is 17.2 Å². The molecular formula is C28H39Cl2N3O4. The second-order valence-electron chi connectivity index (χ2n) is 10.6. The lowest BCUT2D eigenvalue weighted by atomic mass is 9.85. The fourth-order valence-electron chi connectivity index (χ4n) is 4.65. The molecule has 0 saturated carbocycles. The van der Waals surface area contributed by atoms with E-state index < -0.39 is 0 Å². The van der Waals surface area contributed by atoms with Crippen molar-refractivity contribution >= 4 is 34.9 Å². The minimum absolute atomic E-state index is 0.0406. The third kappa shape index (κ3) is 8.06. The summed E-state index contributed by atoms with van der Waals surface area (Å²) < 4.78 is 16.2. The van der Waals surface area contributed by atoms with Crippen LogP contribution in [0.2, 0.25) is 10.0 Å². The number of ether oxygens (including phenoxy) is 3. The van der Waals surface area contributed by atoms with Gasteiger partial charge in [0.1, 0.15) is 0 Å². The molecule has 2 aromatic carbocycles. The summed E-state index contributed by atoms with van der Waals surface area (Å²) in [4.78, 5) is 15.4. The predicted molar refractivity (Wildman–Crippen MR) is 151 cm³/mol. The number of carbonyl (C=O) groups excluding carboxylic acids is 1. The first-order chi connectivity index (χ1) is 17.5. The molecule has 1 atom stereocenters. The maximum Gasteiger partial charge on any atom is 0.319 e. The molecule has 1 aliphatic rings. The van der Waals surface area contributed by atoms with Crippen molar-refractivity contribution in [2.24, 2.45) is 11.3 Å². The number of halogens is 2. The monoisotopic (exact) mass is 551 g/mol. The highest BCUT2D eigenvalue weighted by Gasteiger charge is 2.30. The van der Waals surface area contributed by atoms with Crippen LogP contribution in [0.3, 0.4) is 0 Å². The highest BCUT2D eigenvalue weighted by molar-refractivity contribution is 6.42. The van der Waals surface area contributed by atoms with Crippen LogP contribution in [0.4, 0.5) is 10.5 Å². The molecule has 1 fully saturated rings. The summed E-state index contributed by atoms with van der Waals surface area (Å²) in [6.07, 6.45) is 3.21. The van der Waals surface area contributed by atoms with Gasteiger partial charge in [-0.25, -0.2) is 4.79 Å². The van der Waals surface area contributed by atoms with E-state index in [1.807, 2.05) is 12.1 Å². The Balaban J connectivity index is 1.58. The van der Waals surface area contributed by atoms with E-state index in [0.29, 0.717) is 38.9 Å². The highest BCUT2D eigenvalue weighted by atomic mass is 35.5. The first-order valence-electron chi connectivity index (χ1n) is 12.6. The van der Waals surface area contributed by atoms with Crippen LogP contribution in [0.25, 0.3) is 0 Å². The molecule has 2 aromatic rings. The third-order valence-corrected chi connectivity index (χ3v) is 7.67. The standard InChI is InChI=1S/C28H39Cl2N3O4/c1-28(2,3)25(32-27(34)31-20-15-23(35-4)26(37-6)24(16-20)36-5)17-33-11-9-18(10-12-33)13-19-7-8-21(29)22(30)14-19/h7-8,14-16,18,25H,9-13,17H2,1-6H3,(H2,31,32,34)/t25-/m0/s1. The maximum atomic E-state index is 13.0. The van der Waals surface area contributed by atoms with Crippen molar-refractivity contribution in [2.45, 2.75) is 46.1 Å². The largest absolute Gasteiger partial charge is 0.493 e. The maximum absolute atomic E-state index is 13.0. The molecule has 204 valence electrons. The van der Waals surface area contributed by atoms with Gasteiger partial charge in [0, 0.05) is 24.7 Å². The number of likely N-dealkylation sites (tertiary alicyclic amines) is 1. The molecule has 0 aliphatic carbocycles. The number of hydrogen-bond donors (Lipinski definition) is 2. The molecule has 9 heteroatoms. The Labute approximate surface area is 230 Å². The number of methoxy groups -OCH3 is 3. The number of nitrogens with one attached hydrogen (secondary N) is 2. The number of carbonyl (C=O) groups is 1. The number of urea groups is 1. The van der Waals surface area contributed by atoms with Gasteiger partial charge in [-0.05, 0) is 61.4 Å². The Kier molecular flexibility index (Phi) is 10.2. The Hall–Kier alpha value is -2.35. The van der Waals surface area contributed by atoms with E-state index in [4.69, 9.17) is 37.4 Å². The van der Waals surface area contributed by atoms with E-state index in [9.17, 15) is 4.79 Å². The molecule has 0 bridgehead atoms. The first-order valence-corrected chi connectivity index (χ1v) is 13.3. The topological polar surface area (TPSA) is 72.1 Å². The van der Waals surface area contributed by atoms with Crippen molar-refractivity contribution < 1.29 is 19.0 Å². The van der Waals surface area contributed by atoms with Crippen LogP contribution in [-0.4, -0.2) is 57.9 Å². The first kappa shape index (κ1) is 29.2. The van der Waals surface area contributed by atoms with Gasteiger partial charge < -0.3 is 29.7 Å². The summed E-state index contributed by atoms with van der Waals surface area (Å²) in [7, 11) is 4.64. The summed E-state index contributed by atoms with van der Waals surface area (Å²) in [5.41, 5.74) is 1.66. The second-order valence-corrected chi connectivity index (χ2v) is 11.4. The van der Waals surface area contributed by atoms with Crippen LogP contribution in [0, 0.1) is 11.3 Å². The van der Waals surface area contributed by atoms with Crippen LogP contribution in [0.1, 0.15) is 39.2 Å². The smallest absolute Gasteiger partial charge is 0.319 e. The number of hydrogen-bond acceptors (Lipinski definition) is 5. The number of benzene rings is 2. The van der Waals surface area contributed by atoms with Gasteiger partial charge in [0.15, 0.2) is 11.5 Å². The minimum atomic E-state index is -0.274. The van der Waals surface area contributed by atoms with Crippen molar-refractivity contribution in [2.75, 3.05) is 46.3 Å². The summed E-state index contributed by atoms with van der Waals surface area (Å²) in [5.74, 6) is 2.05. The van der Waals surface area contributed by atoms with E-state index in [1.54, 1.807) is 33.5 Å². The number of piperidine rings is 1. The molecule has 0 spiro atoms. The zero-order valence-corrected chi connectivity index (χ0v) is 24.1. The van der Waals surface area contributed by atoms with Gasteiger partial charge in [0.2, 0.25) is 5.75 Å². The quantitative estimate of drug-likeness (QED) is 0.371. The van der Waals surface area contributed by atoms with E-state index in [-0.39, 0.29) is 17.5 Å². The Morgan fingerprint density at radius 2 is 1.62 bits per heavy atom. The molecular weight excluding hydrogens is 513 g/mol. The fraction of sp³-hybridized carbons (Fsp3) is 0.536. The Morgan fingerprint density at radius 3 is 2.14 bits per heavy atom. The molecule has 1 saturated heterocycles. The van der Waals surface area contributed by atoms with E-state index in [1.165, 1.54) is 5.56 Å². The van der Waals surface area contributed by atoms with E-state index in [2.05, 4.69) is 42.4 Å². The van der Waals surface area contributed by atoms with Crippen LogP contribution in [-0.2, 0) is 6.42 Å². The normalized spacial score (nSPS) is 15.7. The molecule has 1 heterocycles. The number of nitrogens with zero attached hydrogens (tertiary/aromatic N) is 1. The van der Waals surface area contributed by atoms with Gasteiger partial charge in [-0.1, -0.05) is 50.0 Å². The second kappa shape index (κ2) is 12.9. The predicted octanol–water partition coefficient (Wildman–Crippen LogP) is 6.51. The number of amides is 2. The van der Waals surface area contributed by atoms with E-state index >= 15 is 0 Å². The lowest BCUT2D eigenvalue weighted by Crippen LogP contribution is -2.53. The van der Waals surface area contributed by atoms with Crippen molar-refractivity contribution in [3.63, 3.8) is 0 Å². The van der Waals surface area contributed by atoms with Crippen molar-refractivity contribution in [1.82, 2.24) is 10.2 Å². The van der Waals surface area contributed by atoms with Gasteiger partial charge >= 0.3 is 6.03 Å². The molecule has 0 unspecified atom stereocenters. The van der Waals surface area contributed by atoms with Crippen LogP contribution < -0.4 is 24.8 Å². The van der Waals surface area contributed by atoms with Gasteiger partial charge in [0.05, 0.1) is 37.1 Å². The van der Waals surface area contributed by atoms with Gasteiger partial charge in [0.25, 0.3) is 0 Å². The van der Waals surface area contributed by atoms with Crippen LogP contribution >= 0.6 is 23.2 Å². The lowest BCUT2D eigenvalue weighted by molar-refractivity contribution is 0.135. The average molecular weight is 553 g/mol. The minimum Gasteiger partial charge on any atom is -0.493 e. The molecule has 2 amide bonds. The number of anilines is 1. The van der Waals surface area contributed by atoms with Crippen LogP contribution in [0.15, 0.2) is 30.3 Å². The Morgan fingerprint density at radius 1 is 1.00 bits per heavy atom. The van der Waals surface area contributed by atoms with Crippen molar-refractivity contribution in [3.05, 3.63) is 45.9 Å². The van der Waals surface area contributed by atoms with Gasteiger partial charge in [-0.2, -0.15) is 0 Å². The SMILES string of the molecule is COc1cc(NC(=O)N[C@@H](CN2CCC(Cc3ccc(Cl)c(Cl)c3)CC2)C(C)(C)C)cc(OC)c1OC. The van der Waals surface area contributed by atoms with Crippen LogP contribution in [0.5, 0.6) is 17.2 Å². The number of rotatable bonds is 9. The summed E-state index contributed by atoms with van der Waals surface area (Å²) in [6.45, 7) is 9.21. The average Bonchev–Trinajstić information content (AvgIpc) is 2.85. The molecule has 2 N–H and O–H groups in total. The summed E-state index contributed by atoms with van der Waals surface area (Å²) >= 11 is 12.3. The lowest BCUT2D eigenvalue weighted by Gasteiger charge is -2.39. The highest BCUT2D eigenvalue weighted by Crippen LogP contribution is 2.40. The van der Waals surface area contributed by atoms with Crippen molar-refractivity contribution in [1.29, 1.82) is 0 Å². The molecule has 1 aliphatic heterocycles. The molecule has 0 radical (unpaired) electrons. The summed E-state index contributed by atoms with van der Waals surface area (Å²) in [6, 6.07) is 9.02. The molecule has 3 rings (SSSR count). The van der Waals surface area contributed by atoms with Gasteiger partial charge in [-0.3, -0.25) is 0 Å². The molecule has 7 nitrogen and oxygen atoms in total. The molecule has 0 aromatic heterocycles. The summed E-state index contributed by atoms with van der Waals surface area (Å²) in [5, 5.41) is 7.31. The van der Waals surface area contributed by atoms with Gasteiger partial charge in [-0.15, -0.1) is 0 Å².